The van der Waals surface area contributed by atoms with E-state index >= 15 is 0 Å². The minimum absolute atomic E-state index is 0.0362. The first-order valence-corrected chi connectivity index (χ1v) is 5.37. The number of amides is 1. The molecule has 0 aromatic rings. The predicted octanol–water partition coefficient (Wildman–Crippen LogP) is 1.15. The third-order valence-corrected chi connectivity index (χ3v) is 3.63. The van der Waals surface area contributed by atoms with Crippen molar-refractivity contribution in [3.05, 3.63) is 12.7 Å². The molecule has 0 aromatic heterocycles. The lowest BCUT2D eigenvalue weighted by atomic mass is 9.74. The summed E-state index contributed by atoms with van der Waals surface area (Å²) in [6, 6.07) is -0.0362. The average Bonchev–Trinajstić information content (AvgIpc) is 2.99. The Morgan fingerprint density at radius 1 is 1.62 bits per heavy atom. The van der Waals surface area contributed by atoms with Crippen molar-refractivity contribution in [1.82, 2.24) is 5.32 Å². The van der Waals surface area contributed by atoms with Crippen molar-refractivity contribution in [1.29, 1.82) is 0 Å². The van der Waals surface area contributed by atoms with Crippen molar-refractivity contribution >= 4 is 12.1 Å². The number of nitrogens with one attached hydrogen (secondary N) is 1. The monoisotopic (exact) mass is 225 g/mol. The fraction of sp³-hybridized carbons (Fsp3) is 0.636. The Bertz CT molecular complexity index is 341. The zero-order valence-corrected chi connectivity index (χ0v) is 8.94. The third-order valence-electron chi connectivity index (χ3n) is 3.63. The largest absolute Gasteiger partial charge is 0.481 e. The summed E-state index contributed by atoms with van der Waals surface area (Å²) in [5, 5.41) is 11.6. The summed E-state index contributed by atoms with van der Waals surface area (Å²) in [4.78, 5) is 22.1. The molecule has 2 rings (SSSR count). The zero-order valence-electron chi connectivity index (χ0n) is 8.94. The molecule has 0 saturated heterocycles. The van der Waals surface area contributed by atoms with Gasteiger partial charge >= 0.3 is 12.1 Å². The lowest BCUT2D eigenvalue weighted by molar-refractivity contribution is -0.140. The number of carbonyl (C=O) groups is 2. The van der Waals surface area contributed by atoms with Gasteiger partial charge in [-0.3, -0.25) is 4.79 Å². The molecule has 0 radical (unpaired) electrons. The highest BCUT2D eigenvalue weighted by molar-refractivity contribution is 5.76. The summed E-state index contributed by atoms with van der Waals surface area (Å²) in [6.07, 6.45) is 3.41. The molecule has 3 unspecified atom stereocenters. The van der Waals surface area contributed by atoms with E-state index in [1.165, 1.54) is 6.08 Å². The van der Waals surface area contributed by atoms with Crippen LogP contribution in [0.25, 0.3) is 0 Å². The van der Waals surface area contributed by atoms with Crippen molar-refractivity contribution in [3.8, 4) is 0 Å². The molecular formula is C11H15NO4. The minimum atomic E-state index is -0.758. The van der Waals surface area contributed by atoms with Gasteiger partial charge in [-0.1, -0.05) is 12.7 Å². The van der Waals surface area contributed by atoms with Crippen LogP contribution >= 0.6 is 0 Å². The predicted molar refractivity (Wildman–Crippen MR) is 55.9 cm³/mol. The van der Waals surface area contributed by atoms with Gasteiger partial charge in [0, 0.05) is 11.5 Å². The fourth-order valence-corrected chi connectivity index (χ4v) is 2.51. The topological polar surface area (TPSA) is 75.6 Å². The van der Waals surface area contributed by atoms with Gasteiger partial charge in [0.05, 0.1) is 5.92 Å². The Balaban J connectivity index is 1.82. The minimum Gasteiger partial charge on any atom is -0.481 e. The van der Waals surface area contributed by atoms with Gasteiger partial charge < -0.3 is 15.2 Å². The van der Waals surface area contributed by atoms with Gasteiger partial charge in [0.25, 0.3) is 0 Å². The lowest BCUT2D eigenvalue weighted by Gasteiger charge is -2.38. The van der Waals surface area contributed by atoms with E-state index in [0.29, 0.717) is 6.42 Å². The van der Waals surface area contributed by atoms with Crippen LogP contribution in [0.3, 0.4) is 0 Å². The molecule has 0 aromatic carbocycles. The van der Waals surface area contributed by atoms with Gasteiger partial charge in [0.1, 0.15) is 6.61 Å². The number of carbonyl (C=O) groups excluding carboxylic acids is 1. The van der Waals surface area contributed by atoms with E-state index in [0.717, 1.165) is 12.8 Å². The summed E-state index contributed by atoms with van der Waals surface area (Å²) < 4.78 is 4.80. The van der Waals surface area contributed by atoms with E-state index in [-0.39, 0.29) is 24.0 Å². The number of aliphatic carboxylic acids is 1. The van der Waals surface area contributed by atoms with Crippen LogP contribution in [0.4, 0.5) is 4.79 Å². The third kappa shape index (κ3) is 1.66. The summed E-state index contributed by atoms with van der Waals surface area (Å²) in [7, 11) is 0. The van der Waals surface area contributed by atoms with Crippen LogP contribution in [-0.2, 0) is 9.53 Å². The van der Waals surface area contributed by atoms with E-state index < -0.39 is 12.1 Å². The summed E-state index contributed by atoms with van der Waals surface area (Å²) in [6.45, 7) is 3.61. The number of ether oxygens (including phenoxy) is 1. The number of rotatable bonds is 4. The molecule has 88 valence electrons. The Labute approximate surface area is 93.5 Å². The maximum Gasteiger partial charge on any atom is 0.407 e. The van der Waals surface area contributed by atoms with Gasteiger partial charge in [0.15, 0.2) is 0 Å². The molecule has 2 saturated carbocycles. The van der Waals surface area contributed by atoms with E-state index in [2.05, 4.69) is 11.9 Å². The second kappa shape index (κ2) is 3.81. The molecule has 3 atom stereocenters. The number of hydrogen-bond acceptors (Lipinski definition) is 3. The van der Waals surface area contributed by atoms with Crippen molar-refractivity contribution in [2.75, 3.05) is 6.61 Å². The fourth-order valence-electron chi connectivity index (χ4n) is 2.51. The van der Waals surface area contributed by atoms with Gasteiger partial charge in [0.2, 0.25) is 0 Å². The van der Waals surface area contributed by atoms with Crippen LogP contribution in [0, 0.1) is 11.3 Å². The van der Waals surface area contributed by atoms with Crippen LogP contribution in [0.5, 0.6) is 0 Å². The quantitative estimate of drug-likeness (QED) is 0.704. The standard InChI is InChI=1S/C11H15NO4/c1-2-5-16-10(15)12-8-3-4-11(8)6-7(11)9(13)14/h2,7-8H,1,3-6H2,(H,12,15)(H,13,14). The molecule has 2 aliphatic carbocycles. The number of alkyl carbamates (subject to hydrolysis) is 1. The van der Waals surface area contributed by atoms with Crippen molar-refractivity contribution in [2.24, 2.45) is 11.3 Å². The molecule has 5 nitrogen and oxygen atoms in total. The molecule has 0 heterocycles. The first-order chi connectivity index (χ1) is 7.60. The highest BCUT2D eigenvalue weighted by Crippen LogP contribution is 2.65. The second-order valence-corrected chi connectivity index (χ2v) is 4.45. The van der Waals surface area contributed by atoms with Crippen LogP contribution in [0.1, 0.15) is 19.3 Å². The van der Waals surface area contributed by atoms with Crippen LogP contribution in [-0.4, -0.2) is 29.8 Å². The van der Waals surface area contributed by atoms with Gasteiger partial charge in [-0.05, 0) is 19.3 Å². The first kappa shape index (κ1) is 11.0. The smallest absolute Gasteiger partial charge is 0.407 e. The lowest BCUT2D eigenvalue weighted by Crippen LogP contribution is -2.50. The van der Waals surface area contributed by atoms with Gasteiger partial charge in [-0.2, -0.15) is 0 Å². The molecule has 2 N–H and O–H groups in total. The molecule has 1 amide bonds. The maximum atomic E-state index is 11.3. The van der Waals surface area contributed by atoms with Crippen LogP contribution in [0.2, 0.25) is 0 Å². The zero-order chi connectivity index (χ0) is 11.8. The number of hydrogen-bond donors (Lipinski definition) is 2. The molecule has 0 aliphatic heterocycles. The van der Waals surface area contributed by atoms with Crippen molar-refractivity contribution < 1.29 is 19.4 Å². The molecule has 1 spiro atoms. The summed E-state index contributed by atoms with van der Waals surface area (Å²) >= 11 is 0. The van der Waals surface area contributed by atoms with E-state index in [1.807, 2.05) is 0 Å². The van der Waals surface area contributed by atoms with Crippen LogP contribution in [0.15, 0.2) is 12.7 Å². The molecule has 2 aliphatic rings. The molecule has 2 fully saturated rings. The Hall–Kier alpha value is -1.52. The van der Waals surface area contributed by atoms with Crippen LogP contribution < -0.4 is 5.32 Å². The van der Waals surface area contributed by atoms with Crippen molar-refractivity contribution in [2.45, 2.75) is 25.3 Å². The average molecular weight is 225 g/mol. The number of carboxylic acids is 1. The van der Waals surface area contributed by atoms with E-state index in [4.69, 9.17) is 9.84 Å². The highest BCUT2D eigenvalue weighted by atomic mass is 16.5. The second-order valence-electron chi connectivity index (χ2n) is 4.45. The summed E-state index contributed by atoms with van der Waals surface area (Å²) in [5.41, 5.74) is -0.182. The summed E-state index contributed by atoms with van der Waals surface area (Å²) in [5.74, 6) is -1.04. The molecule has 5 heteroatoms. The maximum absolute atomic E-state index is 11.3. The molecule has 0 bridgehead atoms. The first-order valence-electron chi connectivity index (χ1n) is 5.37. The Morgan fingerprint density at radius 3 is 2.81 bits per heavy atom. The Morgan fingerprint density at radius 2 is 2.38 bits per heavy atom. The van der Waals surface area contributed by atoms with Crippen molar-refractivity contribution in [3.63, 3.8) is 0 Å². The SMILES string of the molecule is C=CCOC(=O)NC1CCC12CC2C(=O)O. The molecule has 16 heavy (non-hydrogen) atoms. The van der Waals surface area contributed by atoms with Gasteiger partial charge in [-0.15, -0.1) is 0 Å². The molecular weight excluding hydrogens is 210 g/mol. The van der Waals surface area contributed by atoms with E-state index in [9.17, 15) is 9.59 Å². The normalized spacial score (nSPS) is 35.0. The van der Waals surface area contributed by atoms with Gasteiger partial charge in [-0.25, -0.2) is 4.79 Å². The Kier molecular flexibility index (Phi) is 2.61. The number of carboxylic acid groups (broad SMARTS) is 1. The highest BCUT2D eigenvalue weighted by Gasteiger charge is 2.67. The van der Waals surface area contributed by atoms with E-state index in [1.54, 1.807) is 0 Å².